The number of fused-ring (bicyclic) bond motifs is 1. The molecule has 2 aromatic carbocycles. The summed E-state index contributed by atoms with van der Waals surface area (Å²) in [6, 6.07) is 26.3. The van der Waals surface area contributed by atoms with E-state index in [1.54, 1.807) is 30.5 Å². The van der Waals surface area contributed by atoms with Gasteiger partial charge in [-0.2, -0.15) is 0 Å². The molecule has 0 saturated carbocycles. The number of imidazole rings is 1. The number of hydrogen-bond acceptors (Lipinski definition) is 4. The summed E-state index contributed by atoms with van der Waals surface area (Å²) in [5, 5.41) is 3.11. The lowest BCUT2D eigenvalue weighted by Crippen LogP contribution is -2.29. The summed E-state index contributed by atoms with van der Waals surface area (Å²) >= 11 is 0. The molecule has 1 unspecified atom stereocenters. The Morgan fingerprint density at radius 2 is 1.76 bits per heavy atom. The molecule has 0 aliphatic rings. The number of amides is 1. The highest BCUT2D eigenvalue weighted by atomic mass is 16.5. The summed E-state index contributed by atoms with van der Waals surface area (Å²) in [5.74, 6) is 0.497. The van der Waals surface area contributed by atoms with E-state index >= 15 is 0 Å². The SMILES string of the molecule is Cc1cccn2cc(COc3ccc(C(=O)NC(c4ccccc4)c4ccccn4)cc3)nc12. The molecule has 34 heavy (non-hydrogen) atoms. The molecule has 3 aromatic heterocycles. The number of rotatable bonds is 7. The van der Waals surface area contributed by atoms with Crippen molar-refractivity contribution in [1.29, 1.82) is 0 Å². The normalized spacial score (nSPS) is 11.8. The van der Waals surface area contributed by atoms with Crippen molar-refractivity contribution in [3.05, 3.63) is 132 Å². The standard InChI is InChI=1S/C28H24N4O2/c1-20-8-7-17-32-18-23(30-27(20)32)19-34-24-14-12-22(13-15-24)28(33)31-26(21-9-3-2-4-10-21)25-11-5-6-16-29-25/h2-18,26H,19H2,1H3,(H,31,33). The van der Waals surface area contributed by atoms with Gasteiger partial charge in [-0.25, -0.2) is 4.98 Å². The molecule has 0 fully saturated rings. The molecule has 1 amide bonds. The van der Waals surface area contributed by atoms with Gasteiger partial charge in [-0.05, 0) is 60.5 Å². The Morgan fingerprint density at radius 1 is 0.971 bits per heavy atom. The molecule has 6 nitrogen and oxygen atoms in total. The summed E-state index contributed by atoms with van der Waals surface area (Å²) in [6.07, 6.45) is 5.67. The number of hydrogen-bond donors (Lipinski definition) is 1. The van der Waals surface area contributed by atoms with Crippen molar-refractivity contribution < 1.29 is 9.53 Å². The number of benzene rings is 2. The minimum absolute atomic E-state index is 0.179. The Bertz CT molecular complexity index is 1360. The van der Waals surface area contributed by atoms with Gasteiger partial charge in [-0.15, -0.1) is 0 Å². The number of aryl methyl sites for hydroxylation is 1. The molecule has 0 bridgehead atoms. The fourth-order valence-corrected chi connectivity index (χ4v) is 3.87. The second-order valence-electron chi connectivity index (χ2n) is 8.04. The van der Waals surface area contributed by atoms with E-state index in [1.807, 2.05) is 84.4 Å². The van der Waals surface area contributed by atoms with E-state index in [0.29, 0.717) is 17.9 Å². The lowest BCUT2D eigenvalue weighted by molar-refractivity contribution is 0.0942. The summed E-state index contributed by atoms with van der Waals surface area (Å²) < 4.78 is 7.89. The zero-order valence-corrected chi connectivity index (χ0v) is 18.8. The van der Waals surface area contributed by atoms with Crippen LogP contribution in [-0.4, -0.2) is 20.3 Å². The summed E-state index contributed by atoms with van der Waals surface area (Å²) in [5.41, 5.74) is 5.18. The highest BCUT2D eigenvalue weighted by molar-refractivity contribution is 5.94. The summed E-state index contributed by atoms with van der Waals surface area (Å²) in [4.78, 5) is 22.1. The fourth-order valence-electron chi connectivity index (χ4n) is 3.87. The van der Waals surface area contributed by atoms with Crippen molar-refractivity contribution in [3.8, 4) is 5.75 Å². The topological polar surface area (TPSA) is 68.5 Å². The molecule has 1 atom stereocenters. The smallest absolute Gasteiger partial charge is 0.252 e. The molecule has 0 saturated heterocycles. The first-order valence-electron chi connectivity index (χ1n) is 11.1. The van der Waals surface area contributed by atoms with Crippen molar-refractivity contribution >= 4 is 11.6 Å². The molecule has 0 aliphatic carbocycles. The third-order valence-corrected chi connectivity index (χ3v) is 5.62. The van der Waals surface area contributed by atoms with E-state index in [2.05, 4.69) is 15.3 Å². The first-order valence-corrected chi connectivity index (χ1v) is 11.1. The second-order valence-corrected chi connectivity index (χ2v) is 8.04. The van der Waals surface area contributed by atoms with Crippen molar-refractivity contribution in [2.45, 2.75) is 19.6 Å². The molecule has 0 radical (unpaired) electrons. The number of ether oxygens (including phenoxy) is 1. The predicted octanol–water partition coefficient (Wildman–Crippen LogP) is 5.14. The lowest BCUT2D eigenvalue weighted by atomic mass is 10.0. The molecule has 1 N–H and O–H groups in total. The minimum Gasteiger partial charge on any atom is -0.487 e. The Kier molecular flexibility index (Phi) is 6.03. The van der Waals surface area contributed by atoms with Gasteiger partial charge < -0.3 is 14.5 Å². The number of carbonyl (C=O) groups excluding carboxylic acids is 1. The Balaban J connectivity index is 1.27. The monoisotopic (exact) mass is 448 g/mol. The average Bonchev–Trinajstić information content (AvgIpc) is 3.32. The largest absolute Gasteiger partial charge is 0.487 e. The summed E-state index contributed by atoms with van der Waals surface area (Å²) in [6.45, 7) is 2.38. The molecule has 5 rings (SSSR count). The van der Waals surface area contributed by atoms with Crippen molar-refractivity contribution in [2.75, 3.05) is 0 Å². The van der Waals surface area contributed by atoms with E-state index in [-0.39, 0.29) is 11.9 Å². The van der Waals surface area contributed by atoms with Crippen LogP contribution in [0.1, 0.15) is 38.9 Å². The van der Waals surface area contributed by atoms with Gasteiger partial charge in [-0.1, -0.05) is 42.5 Å². The maximum absolute atomic E-state index is 13.0. The van der Waals surface area contributed by atoms with E-state index in [0.717, 1.165) is 28.2 Å². The first-order chi connectivity index (χ1) is 16.7. The van der Waals surface area contributed by atoms with Crippen LogP contribution in [0.4, 0.5) is 0 Å². The predicted molar refractivity (Wildman–Crippen MR) is 131 cm³/mol. The van der Waals surface area contributed by atoms with E-state index in [4.69, 9.17) is 4.74 Å². The molecule has 0 spiro atoms. The van der Waals surface area contributed by atoms with Crippen LogP contribution in [0.2, 0.25) is 0 Å². The van der Waals surface area contributed by atoms with Gasteiger partial charge in [0.2, 0.25) is 0 Å². The fraction of sp³-hybridized carbons (Fsp3) is 0.107. The van der Waals surface area contributed by atoms with E-state index < -0.39 is 0 Å². The molecule has 168 valence electrons. The molecule has 6 heteroatoms. The maximum Gasteiger partial charge on any atom is 0.252 e. The molecule has 3 heterocycles. The molecular weight excluding hydrogens is 424 g/mol. The van der Waals surface area contributed by atoms with Crippen molar-refractivity contribution in [1.82, 2.24) is 19.7 Å². The van der Waals surface area contributed by atoms with Gasteiger partial charge in [0.1, 0.15) is 18.0 Å². The van der Waals surface area contributed by atoms with Crippen LogP contribution >= 0.6 is 0 Å². The Morgan fingerprint density at radius 3 is 2.50 bits per heavy atom. The van der Waals surface area contributed by atoms with Gasteiger partial charge in [-0.3, -0.25) is 9.78 Å². The first kappa shape index (κ1) is 21.4. The van der Waals surface area contributed by atoms with Crippen LogP contribution in [0, 0.1) is 6.92 Å². The Labute approximate surface area is 197 Å². The van der Waals surface area contributed by atoms with Crippen LogP contribution in [0.3, 0.4) is 0 Å². The number of pyridine rings is 2. The third-order valence-electron chi connectivity index (χ3n) is 5.62. The van der Waals surface area contributed by atoms with Crippen LogP contribution in [0.15, 0.2) is 104 Å². The average molecular weight is 449 g/mol. The van der Waals surface area contributed by atoms with Gasteiger partial charge in [0.05, 0.1) is 17.4 Å². The maximum atomic E-state index is 13.0. The number of nitrogens with one attached hydrogen (secondary N) is 1. The molecular formula is C28H24N4O2. The quantitative estimate of drug-likeness (QED) is 0.375. The number of aromatic nitrogens is 3. The lowest BCUT2D eigenvalue weighted by Gasteiger charge is -2.19. The van der Waals surface area contributed by atoms with Crippen LogP contribution < -0.4 is 10.1 Å². The van der Waals surface area contributed by atoms with Gasteiger partial charge in [0, 0.05) is 24.2 Å². The van der Waals surface area contributed by atoms with Crippen LogP contribution in [-0.2, 0) is 6.61 Å². The summed E-state index contributed by atoms with van der Waals surface area (Å²) in [7, 11) is 0. The van der Waals surface area contributed by atoms with Gasteiger partial charge in [0.25, 0.3) is 5.91 Å². The van der Waals surface area contributed by atoms with Crippen LogP contribution in [0.5, 0.6) is 5.75 Å². The van der Waals surface area contributed by atoms with Crippen molar-refractivity contribution in [2.24, 2.45) is 0 Å². The highest BCUT2D eigenvalue weighted by Crippen LogP contribution is 2.21. The van der Waals surface area contributed by atoms with Crippen molar-refractivity contribution in [3.63, 3.8) is 0 Å². The Hall–Kier alpha value is -4.45. The highest BCUT2D eigenvalue weighted by Gasteiger charge is 2.18. The van der Waals surface area contributed by atoms with Gasteiger partial charge >= 0.3 is 0 Å². The zero-order chi connectivity index (χ0) is 23.3. The van der Waals surface area contributed by atoms with E-state index in [1.165, 1.54) is 0 Å². The zero-order valence-electron chi connectivity index (χ0n) is 18.8. The third kappa shape index (κ3) is 4.66. The second kappa shape index (κ2) is 9.58. The minimum atomic E-state index is -0.343. The molecule has 5 aromatic rings. The number of nitrogens with zero attached hydrogens (tertiary/aromatic N) is 3. The van der Waals surface area contributed by atoms with Crippen LogP contribution in [0.25, 0.3) is 5.65 Å². The number of carbonyl (C=O) groups is 1. The molecule has 0 aliphatic heterocycles. The van der Waals surface area contributed by atoms with E-state index in [9.17, 15) is 4.79 Å². The van der Waals surface area contributed by atoms with Gasteiger partial charge in [0.15, 0.2) is 0 Å².